The number of aromatic nitrogens is 1. The number of sulfone groups is 1. The van der Waals surface area contributed by atoms with Crippen molar-refractivity contribution in [2.75, 3.05) is 25.4 Å². The highest BCUT2D eigenvalue weighted by Gasteiger charge is 2.38. The Hall–Kier alpha value is -1.96. The molecule has 1 aromatic carbocycles. The SMILES string of the molecule is O=S(=O)(CCCO)Cc1cccnc1-c1cccc2c1CCC1(CCNCC1)O2. The summed E-state index contributed by atoms with van der Waals surface area (Å²) in [7, 11) is -3.31. The third-order valence-corrected chi connectivity index (χ3v) is 7.60. The molecule has 0 radical (unpaired) electrons. The van der Waals surface area contributed by atoms with Crippen LogP contribution in [0, 0.1) is 0 Å². The van der Waals surface area contributed by atoms with Gasteiger partial charge in [-0.3, -0.25) is 4.98 Å². The molecule has 0 atom stereocenters. The van der Waals surface area contributed by atoms with Crippen LogP contribution in [0.1, 0.15) is 36.8 Å². The lowest BCUT2D eigenvalue weighted by Gasteiger charge is -2.42. The maximum Gasteiger partial charge on any atom is 0.154 e. The van der Waals surface area contributed by atoms with Crippen molar-refractivity contribution in [3.05, 3.63) is 47.7 Å². The van der Waals surface area contributed by atoms with Crippen molar-refractivity contribution in [1.29, 1.82) is 0 Å². The molecular weight excluding hydrogens is 388 g/mol. The first-order chi connectivity index (χ1) is 14.0. The number of piperidine rings is 1. The standard InChI is InChI=1S/C22H28N2O4S/c25-14-3-15-29(26,27)16-17-4-2-11-24-21(17)19-5-1-6-20-18(19)7-8-22(28-20)9-12-23-13-10-22/h1-2,4-6,11,23,25H,3,7-10,12-16H2. The van der Waals surface area contributed by atoms with Gasteiger partial charge in [-0.25, -0.2) is 8.42 Å². The number of hydrogen-bond donors (Lipinski definition) is 2. The molecule has 1 aromatic heterocycles. The molecule has 1 fully saturated rings. The van der Waals surface area contributed by atoms with Crippen LogP contribution in [0.5, 0.6) is 5.75 Å². The van der Waals surface area contributed by atoms with E-state index in [-0.39, 0.29) is 30.1 Å². The predicted molar refractivity (Wildman–Crippen MR) is 113 cm³/mol. The number of nitrogens with zero attached hydrogens (tertiary/aromatic N) is 1. The fourth-order valence-electron chi connectivity index (χ4n) is 4.40. The molecule has 1 saturated heterocycles. The maximum atomic E-state index is 12.5. The van der Waals surface area contributed by atoms with Crippen LogP contribution in [-0.4, -0.2) is 49.6 Å². The molecular formula is C22H28N2O4S. The summed E-state index contributed by atoms with van der Waals surface area (Å²) in [6.45, 7) is 1.83. The van der Waals surface area contributed by atoms with Crippen molar-refractivity contribution in [3.8, 4) is 17.0 Å². The Labute approximate surface area is 172 Å². The number of aliphatic hydroxyl groups excluding tert-OH is 1. The Morgan fingerprint density at radius 3 is 2.76 bits per heavy atom. The van der Waals surface area contributed by atoms with E-state index in [1.807, 2.05) is 24.3 Å². The van der Waals surface area contributed by atoms with Crippen LogP contribution < -0.4 is 10.1 Å². The van der Waals surface area contributed by atoms with Gasteiger partial charge in [-0.1, -0.05) is 18.2 Å². The van der Waals surface area contributed by atoms with Crippen molar-refractivity contribution in [1.82, 2.24) is 10.3 Å². The van der Waals surface area contributed by atoms with Crippen molar-refractivity contribution < 1.29 is 18.3 Å². The number of ether oxygens (including phenoxy) is 1. The van der Waals surface area contributed by atoms with E-state index in [1.54, 1.807) is 12.3 Å². The topological polar surface area (TPSA) is 88.5 Å². The third kappa shape index (κ3) is 4.47. The van der Waals surface area contributed by atoms with E-state index < -0.39 is 9.84 Å². The monoisotopic (exact) mass is 416 g/mol. The van der Waals surface area contributed by atoms with Gasteiger partial charge in [-0.2, -0.15) is 0 Å². The van der Waals surface area contributed by atoms with Gasteiger partial charge in [-0.05, 0) is 62.9 Å². The molecule has 3 heterocycles. The van der Waals surface area contributed by atoms with Gasteiger partial charge in [0, 0.05) is 23.9 Å². The molecule has 2 N–H and O–H groups in total. The lowest BCUT2D eigenvalue weighted by atomic mass is 9.82. The van der Waals surface area contributed by atoms with Crippen LogP contribution in [0.2, 0.25) is 0 Å². The lowest BCUT2D eigenvalue weighted by molar-refractivity contribution is 0.0171. The third-order valence-electron chi connectivity index (χ3n) is 5.94. The summed E-state index contributed by atoms with van der Waals surface area (Å²) in [5, 5.41) is 12.4. The second kappa shape index (κ2) is 8.42. The van der Waals surface area contributed by atoms with Crippen LogP contribution >= 0.6 is 0 Å². The molecule has 2 aliphatic heterocycles. The molecule has 156 valence electrons. The van der Waals surface area contributed by atoms with Crippen molar-refractivity contribution in [2.45, 2.75) is 43.5 Å². The Balaban J connectivity index is 1.66. The van der Waals surface area contributed by atoms with Crippen LogP contribution in [0.25, 0.3) is 11.3 Å². The zero-order chi connectivity index (χ0) is 20.3. The van der Waals surface area contributed by atoms with E-state index in [0.29, 0.717) is 11.3 Å². The Morgan fingerprint density at radius 2 is 1.97 bits per heavy atom. The van der Waals surface area contributed by atoms with Gasteiger partial charge in [-0.15, -0.1) is 0 Å². The highest BCUT2D eigenvalue weighted by Crippen LogP contribution is 2.42. The Morgan fingerprint density at radius 1 is 1.14 bits per heavy atom. The van der Waals surface area contributed by atoms with Gasteiger partial charge < -0.3 is 15.2 Å². The number of fused-ring (bicyclic) bond motifs is 1. The van der Waals surface area contributed by atoms with Gasteiger partial charge in [0.15, 0.2) is 9.84 Å². The van der Waals surface area contributed by atoms with Crippen LogP contribution in [0.4, 0.5) is 0 Å². The fourth-order valence-corrected chi connectivity index (χ4v) is 5.82. The maximum absolute atomic E-state index is 12.5. The minimum Gasteiger partial charge on any atom is -0.487 e. The summed E-state index contributed by atoms with van der Waals surface area (Å²) in [5.74, 6) is 0.802. The molecule has 0 saturated carbocycles. The van der Waals surface area contributed by atoms with Crippen LogP contribution in [0.15, 0.2) is 36.5 Å². The van der Waals surface area contributed by atoms with Crippen molar-refractivity contribution in [3.63, 3.8) is 0 Å². The second-order valence-corrected chi connectivity index (χ2v) is 10.2. The van der Waals surface area contributed by atoms with Crippen LogP contribution in [-0.2, 0) is 22.0 Å². The molecule has 7 heteroatoms. The molecule has 0 amide bonds. The van der Waals surface area contributed by atoms with E-state index in [0.717, 1.165) is 55.6 Å². The molecule has 0 aliphatic carbocycles. The minimum absolute atomic E-state index is 0.0234. The smallest absolute Gasteiger partial charge is 0.154 e. The number of benzene rings is 1. The molecule has 1 spiro atoms. The zero-order valence-electron chi connectivity index (χ0n) is 16.6. The van der Waals surface area contributed by atoms with E-state index in [4.69, 9.17) is 9.84 Å². The fraction of sp³-hybridized carbons (Fsp3) is 0.500. The summed E-state index contributed by atoms with van der Waals surface area (Å²) in [6.07, 6.45) is 5.84. The molecule has 29 heavy (non-hydrogen) atoms. The van der Waals surface area contributed by atoms with Crippen LogP contribution in [0.3, 0.4) is 0 Å². The highest BCUT2D eigenvalue weighted by atomic mass is 32.2. The summed E-state index contributed by atoms with van der Waals surface area (Å²) in [4.78, 5) is 4.55. The van der Waals surface area contributed by atoms with Crippen molar-refractivity contribution in [2.24, 2.45) is 0 Å². The number of pyridine rings is 1. The summed E-state index contributed by atoms with van der Waals surface area (Å²) >= 11 is 0. The van der Waals surface area contributed by atoms with E-state index in [1.165, 1.54) is 0 Å². The Kier molecular flexibility index (Phi) is 5.90. The summed E-state index contributed by atoms with van der Waals surface area (Å²) in [5.41, 5.74) is 3.39. The lowest BCUT2D eigenvalue weighted by Crippen LogP contribution is -2.48. The highest BCUT2D eigenvalue weighted by molar-refractivity contribution is 7.90. The average Bonchev–Trinajstić information content (AvgIpc) is 2.72. The second-order valence-electron chi connectivity index (χ2n) is 8.00. The molecule has 0 unspecified atom stereocenters. The molecule has 0 bridgehead atoms. The van der Waals surface area contributed by atoms with Gasteiger partial charge in [0.05, 0.1) is 17.2 Å². The number of aliphatic hydroxyl groups is 1. The quantitative estimate of drug-likeness (QED) is 0.752. The van der Waals surface area contributed by atoms with E-state index in [2.05, 4.69) is 10.3 Å². The van der Waals surface area contributed by atoms with Gasteiger partial charge in [0.2, 0.25) is 0 Å². The summed E-state index contributed by atoms with van der Waals surface area (Å²) < 4.78 is 31.4. The number of hydrogen-bond acceptors (Lipinski definition) is 6. The van der Waals surface area contributed by atoms with E-state index >= 15 is 0 Å². The zero-order valence-corrected chi connectivity index (χ0v) is 17.4. The first-order valence-corrected chi connectivity index (χ1v) is 12.1. The normalized spacial score (nSPS) is 18.2. The Bertz CT molecular complexity index is 969. The molecule has 6 nitrogen and oxygen atoms in total. The average molecular weight is 417 g/mol. The molecule has 2 aromatic rings. The summed E-state index contributed by atoms with van der Waals surface area (Å²) in [6, 6.07) is 9.59. The molecule has 4 rings (SSSR count). The van der Waals surface area contributed by atoms with E-state index in [9.17, 15) is 8.42 Å². The molecule has 2 aliphatic rings. The van der Waals surface area contributed by atoms with Gasteiger partial charge >= 0.3 is 0 Å². The number of rotatable bonds is 6. The predicted octanol–water partition coefficient (Wildman–Crippen LogP) is 2.49. The minimum atomic E-state index is -3.31. The first kappa shape index (κ1) is 20.3. The number of nitrogens with one attached hydrogen (secondary N) is 1. The van der Waals surface area contributed by atoms with Gasteiger partial charge in [0.1, 0.15) is 11.4 Å². The largest absolute Gasteiger partial charge is 0.487 e. The van der Waals surface area contributed by atoms with Gasteiger partial charge in [0.25, 0.3) is 0 Å². The van der Waals surface area contributed by atoms with Crippen molar-refractivity contribution >= 4 is 9.84 Å². The first-order valence-electron chi connectivity index (χ1n) is 10.3.